The van der Waals surface area contributed by atoms with E-state index in [9.17, 15) is 9.59 Å². The third-order valence-corrected chi connectivity index (χ3v) is 3.93. The highest BCUT2D eigenvalue weighted by molar-refractivity contribution is 6.04. The molecule has 1 atom stereocenters. The molecule has 2 amide bonds. The van der Waals surface area contributed by atoms with Gasteiger partial charge in [0.15, 0.2) is 0 Å². The highest BCUT2D eigenvalue weighted by Gasteiger charge is 2.08. The molecule has 0 spiro atoms. The van der Waals surface area contributed by atoms with E-state index < -0.39 is 0 Å². The Morgan fingerprint density at radius 1 is 0.923 bits per heavy atom. The third kappa shape index (κ3) is 5.92. The molecule has 26 heavy (non-hydrogen) atoms. The van der Waals surface area contributed by atoms with Crippen LogP contribution in [0.25, 0.3) is 0 Å². The van der Waals surface area contributed by atoms with Gasteiger partial charge in [0.25, 0.3) is 5.91 Å². The molecule has 5 heteroatoms. The molecule has 0 saturated heterocycles. The average molecular weight is 354 g/mol. The van der Waals surface area contributed by atoms with E-state index in [1.807, 2.05) is 13.8 Å². The van der Waals surface area contributed by atoms with Crippen LogP contribution in [-0.4, -0.2) is 17.9 Å². The zero-order chi connectivity index (χ0) is 18.9. The number of nitrogens with one attached hydrogen (secondary N) is 2. The van der Waals surface area contributed by atoms with Gasteiger partial charge in [0.05, 0.1) is 6.10 Å². The number of carbonyl (C=O) groups excluding carboxylic acids is 2. The van der Waals surface area contributed by atoms with Crippen molar-refractivity contribution < 1.29 is 14.3 Å². The second kappa shape index (κ2) is 9.61. The van der Waals surface area contributed by atoms with E-state index in [0.717, 1.165) is 18.6 Å². The highest BCUT2D eigenvalue weighted by atomic mass is 16.5. The van der Waals surface area contributed by atoms with E-state index in [2.05, 4.69) is 17.6 Å². The SMILES string of the molecule is CCCC(=O)Nc1ccc(NC(=O)c2ccc(OC(C)CC)cc2)cc1. The molecule has 0 heterocycles. The first kappa shape index (κ1) is 19.5. The van der Waals surface area contributed by atoms with Gasteiger partial charge in [-0.25, -0.2) is 0 Å². The van der Waals surface area contributed by atoms with Crippen LogP contribution in [0.15, 0.2) is 48.5 Å². The molecular formula is C21H26N2O3. The van der Waals surface area contributed by atoms with E-state index in [0.29, 0.717) is 23.4 Å². The number of rotatable bonds is 8. The van der Waals surface area contributed by atoms with Crippen molar-refractivity contribution in [3.63, 3.8) is 0 Å². The molecule has 2 aromatic carbocycles. The van der Waals surface area contributed by atoms with Gasteiger partial charge in [0, 0.05) is 23.4 Å². The summed E-state index contributed by atoms with van der Waals surface area (Å²) in [7, 11) is 0. The summed E-state index contributed by atoms with van der Waals surface area (Å²) in [4.78, 5) is 23.9. The summed E-state index contributed by atoms with van der Waals surface area (Å²) in [5.41, 5.74) is 1.94. The van der Waals surface area contributed by atoms with Gasteiger partial charge >= 0.3 is 0 Å². The van der Waals surface area contributed by atoms with Crippen LogP contribution in [0.5, 0.6) is 5.75 Å². The fraction of sp³-hybridized carbons (Fsp3) is 0.333. The average Bonchev–Trinajstić information content (AvgIpc) is 2.64. The van der Waals surface area contributed by atoms with Crippen molar-refractivity contribution in [1.82, 2.24) is 0 Å². The van der Waals surface area contributed by atoms with Crippen molar-refractivity contribution in [3.05, 3.63) is 54.1 Å². The smallest absolute Gasteiger partial charge is 0.255 e. The Morgan fingerprint density at radius 2 is 1.50 bits per heavy atom. The van der Waals surface area contributed by atoms with Crippen LogP contribution in [0.1, 0.15) is 50.4 Å². The second-order valence-corrected chi connectivity index (χ2v) is 6.19. The normalized spacial score (nSPS) is 11.5. The quantitative estimate of drug-likeness (QED) is 0.712. The largest absolute Gasteiger partial charge is 0.491 e. The number of hydrogen-bond acceptors (Lipinski definition) is 3. The highest BCUT2D eigenvalue weighted by Crippen LogP contribution is 2.18. The standard InChI is InChI=1S/C21H26N2O3/c1-4-6-20(24)22-17-9-11-18(12-10-17)23-21(25)16-7-13-19(14-8-16)26-15(3)5-2/h7-15H,4-6H2,1-3H3,(H,22,24)(H,23,25). The number of benzene rings is 2. The number of amides is 2. The van der Waals surface area contributed by atoms with Gasteiger partial charge in [0.1, 0.15) is 5.75 Å². The van der Waals surface area contributed by atoms with Crippen LogP contribution in [-0.2, 0) is 4.79 Å². The number of ether oxygens (including phenoxy) is 1. The van der Waals surface area contributed by atoms with Crippen molar-refractivity contribution in [2.75, 3.05) is 10.6 Å². The van der Waals surface area contributed by atoms with E-state index in [1.165, 1.54) is 0 Å². The second-order valence-electron chi connectivity index (χ2n) is 6.19. The zero-order valence-corrected chi connectivity index (χ0v) is 15.5. The van der Waals surface area contributed by atoms with Gasteiger partial charge < -0.3 is 15.4 Å². The topological polar surface area (TPSA) is 67.4 Å². The van der Waals surface area contributed by atoms with Crippen molar-refractivity contribution in [2.45, 2.75) is 46.1 Å². The lowest BCUT2D eigenvalue weighted by atomic mass is 10.2. The molecule has 138 valence electrons. The minimum absolute atomic E-state index is 0.0102. The lowest BCUT2D eigenvalue weighted by Gasteiger charge is -2.13. The number of anilines is 2. The molecule has 0 fully saturated rings. The molecule has 0 aliphatic heterocycles. The van der Waals surface area contributed by atoms with Crippen molar-refractivity contribution >= 4 is 23.2 Å². The summed E-state index contributed by atoms with van der Waals surface area (Å²) in [5.74, 6) is 0.551. The molecule has 2 aromatic rings. The maximum Gasteiger partial charge on any atom is 0.255 e. The number of carbonyl (C=O) groups is 2. The van der Waals surface area contributed by atoms with Crippen LogP contribution in [0, 0.1) is 0 Å². The Morgan fingerprint density at radius 3 is 2.04 bits per heavy atom. The van der Waals surface area contributed by atoms with Gasteiger partial charge in [-0.15, -0.1) is 0 Å². The Bertz CT molecular complexity index is 724. The maximum atomic E-state index is 12.3. The van der Waals surface area contributed by atoms with Crippen LogP contribution in [0.3, 0.4) is 0 Å². The Kier molecular flexibility index (Phi) is 7.21. The monoisotopic (exact) mass is 354 g/mol. The molecule has 0 saturated carbocycles. The van der Waals surface area contributed by atoms with Crippen molar-refractivity contribution in [2.24, 2.45) is 0 Å². The minimum Gasteiger partial charge on any atom is -0.491 e. The minimum atomic E-state index is -0.192. The summed E-state index contributed by atoms with van der Waals surface area (Å²) in [6, 6.07) is 14.2. The maximum absolute atomic E-state index is 12.3. The lowest BCUT2D eigenvalue weighted by Crippen LogP contribution is -2.13. The Labute approximate surface area is 154 Å². The van der Waals surface area contributed by atoms with E-state index in [1.54, 1.807) is 48.5 Å². The van der Waals surface area contributed by atoms with Crippen molar-refractivity contribution in [3.8, 4) is 5.75 Å². The molecule has 0 radical (unpaired) electrons. The molecule has 5 nitrogen and oxygen atoms in total. The van der Waals surface area contributed by atoms with Gasteiger partial charge in [-0.3, -0.25) is 9.59 Å². The Balaban J connectivity index is 1.93. The first-order valence-electron chi connectivity index (χ1n) is 8.99. The van der Waals surface area contributed by atoms with Crippen molar-refractivity contribution in [1.29, 1.82) is 0 Å². The molecule has 0 aromatic heterocycles. The molecule has 0 bridgehead atoms. The predicted octanol–water partition coefficient (Wildman–Crippen LogP) is 4.85. The lowest BCUT2D eigenvalue weighted by molar-refractivity contribution is -0.116. The Hall–Kier alpha value is -2.82. The molecule has 2 rings (SSSR count). The summed E-state index contributed by atoms with van der Waals surface area (Å²) < 4.78 is 5.71. The van der Waals surface area contributed by atoms with E-state index >= 15 is 0 Å². The first-order valence-corrected chi connectivity index (χ1v) is 8.99. The van der Waals surface area contributed by atoms with Gasteiger partial charge in [-0.05, 0) is 68.3 Å². The van der Waals surface area contributed by atoms with Crippen LogP contribution in [0.4, 0.5) is 11.4 Å². The third-order valence-electron chi connectivity index (χ3n) is 3.93. The summed E-state index contributed by atoms with van der Waals surface area (Å²) in [5, 5.41) is 5.66. The molecule has 0 aliphatic rings. The molecule has 2 N–H and O–H groups in total. The summed E-state index contributed by atoms with van der Waals surface area (Å²) in [6.45, 7) is 6.03. The van der Waals surface area contributed by atoms with Crippen LogP contribution >= 0.6 is 0 Å². The zero-order valence-electron chi connectivity index (χ0n) is 15.5. The summed E-state index contributed by atoms with van der Waals surface area (Å²) >= 11 is 0. The number of hydrogen-bond donors (Lipinski definition) is 2. The fourth-order valence-electron chi connectivity index (χ4n) is 2.29. The summed E-state index contributed by atoms with van der Waals surface area (Å²) in [6.07, 6.45) is 2.37. The van der Waals surface area contributed by atoms with Gasteiger partial charge in [-0.1, -0.05) is 13.8 Å². The van der Waals surface area contributed by atoms with Crippen LogP contribution < -0.4 is 15.4 Å². The van der Waals surface area contributed by atoms with Gasteiger partial charge in [-0.2, -0.15) is 0 Å². The molecular weight excluding hydrogens is 328 g/mol. The van der Waals surface area contributed by atoms with E-state index in [-0.39, 0.29) is 17.9 Å². The molecule has 1 unspecified atom stereocenters. The van der Waals surface area contributed by atoms with Gasteiger partial charge in [0.2, 0.25) is 5.91 Å². The van der Waals surface area contributed by atoms with E-state index in [4.69, 9.17) is 4.74 Å². The molecule has 0 aliphatic carbocycles. The van der Waals surface area contributed by atoms with Crippen LogP contribution in [0.2, 0.25) is 0 Å². The fourth-order valence-corrected chi connectivity index (χ4v) is 2.29. The first-order chi connectivity index (χ1) is 12.5. The predicted molar refractivity (Wildman–Crippen MR) is 105 cm³/mol.